The van der Waals surface area contributed by atoms with Crippen LogP contribution in [-0.4, -0.2) is 24.3 Å². The van der Waals surface area contributed by atoms with E-state index >= 15 is 0 Å². The molecule has 1 aliphatic heterocycles. The second-order valence-electron chi connectivity index (χ2n) is 7.11. The van der Waals surface area contributed by atoms with Crippen molar-refractivity contribution in [3.8, 4) is 5.75 Å². The van der Waals surface area contributed by atoms with E-state index in [4.69, 9.17) is 14.5 Å². The number of carbonyl (C=O) groups is 1. The van der Waals surface area contributed by atoms with Gasteiger partial charge in [0.2, 0.25) is 0 Å². The van der Waals surface area contributed by atoms with E-state index in [1.807, 2.05) is 54.6 Å². The van der Waals surface area contributed by atoms with E-state index in [1.54, 1.807) is 21.0 Å². The highest BCUT2D eigenvalue weighted by Crippen LogP contribution is 2.33. The van der Waals surface area contributed by atoms with Gasteiger partial charge >= 0.3 is 5.97 Å². The summed E-state index contributed by atoms with van der Waals surface area (Å²) in [7, 11) is 1.60. The number of hydrogen-bond acceptors (Lipinski definition) is 6. The maximum absolute atomic E-state index is 13.2. The molecule has 1 aromatic heterocycles. The summed E-state index contributed by atoms with van der Waals surface area (Å²) in [5.74, 6) is 0.234. The molecule has 0 aliphatic carbocycles. The smallest absolute Gasteiger partial charge is 0.338 e. The van der Waals surface area contributed by atoms with Gasteiger partial charge in [-0.15, -0.1) is 0 Å². The average Bonchev–Trinajstić information content (AvgIpc) is 3.09. The van der Waals surface area contributed by atoms with Crippen molar-refractivity contribution in [2.24, 2.45) is 4.99 Å². The Balaban J connectivity index is 1.93. The molecule has 3 aromatic rings. The Labute approximate surface area is 197 Å². The molecule has 0 radical (unpaired) electrons. The van der Waals surface area contributed by atoms with E-state index in [-0.39, 0.29) is 12.2 Å². The highest BCUT2D eigenvalue weighted by molar-refractivity contribution is 9.10. The summed E-state index contributed by atoms with van der Waals surface area (Å²) in [5, 5.41) is 0. The predicted molar refractivity (Wildman–Crippen MR) is 128 cm³/mol. The predicted octanol–water partition coefficient (Wildman–Crippen LogP) is 3.68. The van der Waals surface area contributed by atoms with E-state index in [0.717, 1.165) is 15.6 Å². The number of fused-ring (bicyclic) bond motifs is 1. The van der Waals surface area contributed by atoms with Crippen LogP contribution in [0.15, 0.2) is 68.4 Å². The van der Waals surface area contributed by atoms with Crippen LogP contribution >= 0.6 is 27.3 Å². The largest absolute Gasteiger partial charge is 0.497 e. The number of halogens is 1. The number of allylic oxidation sites excluding steroid dienone is 1. The lowest BCUT2D eigenvalue weighted by molar-refractivity contribution is -0.138. The fourth-order valence-corrected chi connectivity index (χ4v) is 5.05. The Bertz CT molecular complexity index is 1390. The van der Waals surface area contributed by atoms with Gasteiger partial charge in [0.15, 0.2) is 4.80 Å². The van der Waals surface area contributed by atoms with Crippen LogP contribution in [0.3, 0.4) is 0 Å². The first kappa shape index (κ1) is 22.2. The molecule has 2 heterocycles. The molecule has 0 saturated heterocycles. The van der Waals surface area contributed by atoms with Crippen LogP contribution in [0, 0.1) is 0 Å². The van der Waals surface area contributed by atoms with E-state index in [2.05, 4.69) is 15.9 Å². The topological polar surface area (TPSA) is 69.9 Å². The second-order valence-corrected chi connectivity index (χ2v) is 9.04. The van der Waals surface area contributed by atoms with Gasteiger partial charge in [0.1, 0.15) is 11.8 Å². The summed E-state index contributed by atoms with van der Waals surface area (Å²) < 4.78 is 13.5. The molecular weight excluding hydrogens is 492 g/mol. The van der Waals surface area contributed by atoms with Gasteiger partial charge in [-0.05, 0) is 55.3 Å². The molecule has 0 fully saturated rings. The quantitative estimate of drug-likeness (QED) is 0.489. The minimum Gasteiger partial charge on any atom is -0.497 e. The minimum absolute atomic E-state index is 0.207. The summed E-state index contributed by atoms with van der Waals surface area (Å²) in [6, 6.07) is 14.5. The maximum Gasteiger partial charge on any atom is 0.338 e. The van der Waals surface area contributed by atoms with Gasteiger partial charge < -0.3 is 9.47 Å². The van der Waals surface area contributed by atoms with E-state index in [9.17, 15) is 9.59 Å². The standard InChI is InChI=1S/C24H21BrN2O4S/c1-4-31-23(29)20-14(2)27-22(28)19(13-15-6-5-7-17(25)12-15)32-24(27)26-21(20)16-8-10-18(30-3)11-9-16/h5-13,21H,4H2,1-3H3/b19-13-/t21-/m0/s1. The highest BCUT2D eigenvalue weighted by atomic mass is 79.9. The van der Waals surface area contributed by atoms with Gasteiger partial charge in [0, 0.05) is 10.2 Å². The lowest BCUT2D eigenvalue weighted by Crippen LogP contribution is -2.35. The molecule has 164 valence electrons. The summed E-state index contributed by atoms with van der Waals surface area (Å²) >= 11 is 4.76. The van der Waals surface area contributed by atoms with Gasteiger partial charge in [-0.3, -0.25) is 9.36 Å². The number of rotatable bonds is 5. The zero-order chi connectivity index (χ0) is 22.8. The van der Waals surface area contributed by atoms with Crippen molar-refractivity contribution in [3.05, 3.63) is 89.4 Å². The average molecular weight is 513 g/mol. The Hall–Kier alpha value is -2.97. The van der Waals surface area contributed by atoms with E-state index < -0.39 is 12.0 Å². The first-order chi connectivity index (χ1) is 15.4. The molecule has 0 spiro atoms. The maximum atomic E-state index is 13.2. The lowest BCUT2D eigenvalue weighted by Gasteiger charge is -2.22. The molecule has 2 aromatic carbocycles. The molecule has 4 rings (SSSR count). The molecule has 0 unspecified atom stereocenters. The Morgan fingerprint density at radius 2 is 2.00 bits per heavy atom. The Kier molecular flexibility index (Phi) is 6.43. The summed E-state index contributed by atoms with van der Waals surface area (Å²) in [4.78, 5) is 31.5. The third-order valence-electron chi connectivity index (χ3n) is 5.12. The summed E-state index contributed by atoms with van der Waals surface area (Å²) in [5.41, 5.74) is 2.40. The molecule has 0 N–H and O–H groups in total. The highest BCUT2D eigenvalue weighted by Gasteiger charge is 2.31. The number of benzene rings is 2. The lowest BCUT2D eigenvalue weighted by atomic mass is 9.96. The number of esters is 1. The van der Waals surface area contributed by atoms with Crippen LogP contribution in [0.1, 0.15) is 31.0 Å². The zero-order valence-electron chi connectivity index (χ0n) is 17.8. The van der Waals surface area contributed by atoms with Crippen LogP contribution in [0.4, 0.5) is 0 Å². The SMILES string of the molecule is CCOC(=O)C1=C(C)n2c(s/c(=C\c3cccc(Br)c3)c2=O)=N[C@H]1c1ccc(OC)cc1. The van der Waals surface area contributed by atoms with Crippen molar-refractivity contribution < 1.29 is 14.3 Å². The van der Waals surface area contributed by atoms with Gasteiger partial charge in [-0.1, -0.05) is 51.5 Å². The van der Waals surface area contributed by atoms with Crippen molar-refractivity contribution in [3.63, 3.8) is 0 Å². The van der Waals surface area contributed by atoms with Crippen LogP contribution in [0.2, 0.25) is 0 Å². The van der Waals surface area contributed by atoms with Crippen molar-refractivity contribution in [1.82, 2.24) is 4.57 Å². The number of nitrogens with zero attached hydrogens (tertiary/aromatic N) is 2. The van der Waals surface area contributed by atoms with Crippen molar-refractivity contribution in [2.75, 3.05) is 13.7 Å². The van der Waals surface area contributed by atoms with Gasteiger partial charge in [-0.2, -0.15) is 0 Å². The molecule has 6 nitrogen and oxygen atoms in total. The third-order valence-corrected chi connectivity index (χ3v) is 6.59. The monoisotopic (exact) mass is 512 g/mol. The minimum atomic E-state index is -0.572. The molecule has 0 bridgehead atoms. The summed E-state index contributed by atoms with van der Waals surface area (Å²) in [6.45, 7) is 3.75. The molecule has 8 heteroatoms. The molecule has 1 aliphatic rings. The van der Waals surface area contributed by atoms with Crippen molar-refractivity contribution in [2.45, 2.75) is 19.9 Å². The van der Waals surface area contributed by atoms with Crippen LogP contribution < -0.4 is 19.6 Å². The van der Waals surface area contributed by atoms with Crippen LogP contribution in [0.5, 0.6) is 5.75 Å². The molecule has 32 heavy (non-hydrogen) atoms. The molecule has 0 saturated carbocycles. The van der Waals surface area contributed by atoms with Crippen molar-refractivity contribution in [1.29, 1.82) is 0 Å². The van der Waals surface area contributed by atoms with Crippen LogP contribution in [-0.2, 0) is 9.53 Å². The first-order valence-electron chi connectivity index (χ1n) is 10.0. The Morgan fingerprint density at radius 3 is 2.66 bits per heavy atom. The summed E-state index contributed by atoms with van der Waals surface area (Å²) in [6.07, 6.45) is 1.83. The van der Waals surface area contributed by atoms with Gasteiger partial charge in [-0.25, -0.2) is 9.79 Å². The number of hydrogen-bond donors (Lipinski definition) is 0. The number of thiazole rings is 1. The fraction of sp³-hybridized carbons (Fsp3) is 0.208. The Morgan fingerprint density at radius 1 is 1.25 bits per heavy atom. The molecular formula is C24H21BrN2O4S. The van der Waals surface area contributed by atoms with E-state index in [0.29, 0.717) is 26.4 Å². The molecule has 0 amide bonds. The number of ether oxygens (including phenoxy) is 2. The van der Waals surface area contributed by atoms with Crippen LogP contribution in [0.25, 0.3) is 11.8 Å². The first-order valence-corrected chi connectivity index (χ1v) is 11.6. The second kappa shape index (κ2) is 9.26. The third kappa shape index (κ3) is 4.20. The van der Waals surface area contributed by atoms with Gasteiger partial charge in [0.05, 0.1) is 23.8 Å². The molecule has 1 atom stereocenters. The number of methoxy groups -OCH3 is 1. The zero-order valence-corrected chi connectivity index (χ0v) is 20.2. The number of carbonyl (C=O) groups excluding carboxylic acids is 1. The normalized spacial score (nSPS) is 15.9. The van der Waals surface area contributed by atoms with E-state index in [1.165, 1.54) is 15.9 Å². The van der Waals surface area contributed by atoms with Crippen molar-refractivity contribution >= 4 is 45.0 Å². The fourth-order valence-electron chi connectivity index (χ4n) is 3.59. The number of aromatic nitrogens is 1. The van der Waals surface area contributed by atoms with Gasteiger partial charge in [0.25, 0.3) is 5.56 Å².